The first-order valence-electron chi connectivity index (χ1n) is 8.84. The molecule has 2 heteroatoms. The second-order valence-electron chi connectivity index (χ2n) is 6.85. The fourth-order valence-electron chi connectivity index (χ4n) is 4.43. The number of hydrogen-bond donors (Lipinski definition) is 1. The van der Waals surface area contributed by atoms with Crippen molar-refractivity contribution in [3.05, 3.63) is 29.3 Å². The summed E-state index contributed by atoms with van der Waals surface area (Å²) in [4.78, 5) is 2.79. The summed E-state index contributed by atoms with van der Waals surface area (Å²) in [5.74, 6) is 0. The monoisotopic (exact) mass is 286 g/mol. The molecule has 2 heterocycles. The number of para-hydroxylation sites is 1. The summed E-state index contributed by atoms with van der Waals surface area (Å²) >= 11 is 0. The van der Waals surface area contributed by atoms with Gasteiger partial charge in [-0.1, -0.05) is 32.0 Å². The Balaban J connectivity index is 1.82. The number of fused-ring (bicyclic) bond motifs is 2. The van der Waals surface area contributed by atoms with Gasteiger partial charge in [-0.2, -0.15) is 0 Å². The maximum absolute atomic E-state index is 3.76. The minimum absolute atomic E-state index is 0.743. The van der Waals surface area contributed by atoms with Gasteiger partial charge in [0.05, 0.1) is 0 Å². The van der Waals surface area contributed by atoms with Gasteiger partial charge in [0.2, 0.25) is 0 Å². The first-order chi connectivity index (χ1) is 10.2. The van der Waals surface area contributed by atoms with Crippen molar-refractivity contribution in [1.29, 1.82) is 0 Å². The molecule has 2 unspecified atom stereocenters. The first kappa shape index (κ1) is 14.9. The zero-order valence-electron chi connectivity index (χ0n) is 13.9. The Hall–Kier alpha value is -1.02. The van der Waals surface area contributed by atoms with Crippen molar-refractivity contribution >= 4 is 5.69 Å². The van der Waals surface area contributed by atoms with E-state index in [0.717, 1.165) is 24.5 Å². The molecule has 1 aromatic carbocycles. The number of benzene rings is 1. The molecule has 1 aromatic rings. The van der Waals surface area contributed by atoms with E-state index < -0.39 is 0 Å². The van der Waals surface area contributed by atoms with Crippen LogP contribution in [0.4, 0.5) is 5.69 Å². The Morgan fingerprint density at radius 2 is 1.86 bits per heavy atom. The van der Waals surface area contributed by atoms with Gasteiger partial charge in [0.25, 0.3) is 0 Å². The van der Waals surface area contributed by atoms with E-state index in [1.165, 1.54) is 49.8 Å². The number of rotatable bonds is 5. The molecular weight excluding hydrogens is 256 g/mol. The molecule has 2 nitrogen and oxygen atoms in total. The van der Waals surface area contributed by atoms with E-state index in [1.54, 1.807) is 5.69 Å². The van der Waals surface area contributed by atoms with E-state index in [-0.39, 0.29) is 0 Å². The summed E-state index contributed by atoms with van der Waals surface area (Å²) in [7, 11) is 0. The Labute approximate surface area is 129 Å². The number of aryl methyl sites for hydroxylation is 2. The van der Waals surface area contributed by atoms with Crippen LogP contribution in [0.3, 0.4) is 0 Å². The molecule has 0 radical (unpaired) electrons. The van der Waals surface area contributed by atoms with Gasteiger partial charge < -0.3 is 10.2 Å². The van der Waals surface area contributed by atoms with Crippen LogP contribution in [0.15, 0.2) is 18.2 Å². The largest absolute Gasteiger partial charge is 0.365 e. The van der Waals surface area contributed by atoms with Crippen LogP contribution in [0, 0.1) is 6.92 Å². The maximum atomic E-state index is 3.76. The molecule has 0 spiro atoms. The van der Waals surface area contributed by atoms with Crippen LogP contribution in [-0.4, -0.2) is 24.7 Å². The van der Waals surface area contributed by atoms with E-state index >= 15 is 0 Å². The van der Waals surface area contributed by atoms with E-state index in [2.05, 4.69) is 49.2 Å². The highest BCUT2D eigenvalue weighted by Gasteiger charge is 2.41. The van der Waals surface area contributed by atoms with E-state index in [0.29, 0.717) is 0 Å². The molecule has 3 rings (SSSR count). The van der Waals surface area contributed by atoms with Crippen molar-refractivity contribution in [2.75, 3.05) is 11.4 Å². The molecule has 116 valence electrons. The molecule has 2 fully saturated rings. The number of anilines is 1. The normalized spacial score (nSPS) is 28.1. The van der Waals surface area contributed by atoms with Crippen LogP contribution in [0.2, 0.25) is 0 Å². The third kappa shape index (κ3) is 2.83. The van der Waals surface area contributed by atoms with E-state index in [4.69, 9.17) is 0 Å². The third-order valence-corrected chi connectivity index (χ3v) is 5.38. The van der Waals surface area contributed by atoms with Gasteiger partial charge in [-0.15, -0.1) is 0 Å². The minimum Gasteiger partial charge on any atom is -0.365 e. The second kappa shape index (κ2) is 6.39. The lowest BCUT2D eigenvalue weighted by Gasteiger charge is -2.42. The van der Waals surface area contributed by atoms with Crippen molar-refractivity contribution in [2.45, 2.75) is 77.4 Å². The standard InChI is InChI=1S/C19H30N2/c1-4-11-20-16-12-17-9-10-18(13-16)21(17)19-14(3)7-6-8-15(19)5-2/h6-8,16-18,20H,4-5,9-13H2,1-3H3. The Morgan fingerprint density at radius 3 is 2.48 bits per heavy atom. The quantitative estimate of drug-likeness (QED) is 0.878. The van der Waals surface area contributed by atoms with Crippen LogP contribution in [-0.2, 0) is 6.42 Å². The molecule has 0 amide bonds. The van der Waals surface area contributed by atoms with Crippen LogP contribution in [0.25, 0.3) is 0 Å². The number of hydrogen-bond acceptors (Lipinski definition) is 2. The number of nitrogens with zero attached hydrogens (tertiary/aromatic N) is 1. The third-order valence-electron chi connectivity index (χ3n) is 5.38. The summed E-state index contributed by atoms with van der Waals surface area (Å²) in [6.45, 7) is 8.01. The smallest absolute Gasteiger partial charge is 0.0433 e. The highest BCUT2D eigenvalue weighted by atomic mass is 15.2. The number of nitrogens with one attached hydrogen (secondary N) is 1. The van der Waals surface area contributed by atoms with Crippen LogP contribution < -0.4 is 10.2 Å². The first-order valence-corrected chi connectivity index (χ1v) is 8.84. The van der Waals surface area contributed by atoms with Crippen molar-refractivity contribution < 1.29 is 0 Å². The Bertz CT molecular complexity index is 468. The summed E-state index contributed by atoms with van der Waals surface area (Å²) in [5, 5.41) is 3.76. The summed E-state index contributed by atoms with van der Waals surface area (Å²) in [5.41, 5.74) is 4.56. The minimum atomic E-state index is 0.743. The van der Waals surface area contributed by atoms with Crippen molar-refractivity contribution in [3.8, 4) is 0 Å². The van der Waals surface area contributed by atoms with Crippen molar-refractivity contribution in [1.82, 2.24) is 5.32 Å². The summed E-state index contributed by atoms with van der Waals surface area (Å²) in [6, 6.07) is 9.08. The highest BCUT2D eigenvalue weighted by Crippen LogP contribution is 2.42. The predicted octanol–water partition coefficient (Wildman–Crippen LogP) is 4.06. The van der Waals surface area contributed by atoms with Crippen LogP contribution in [0.5, 0.6) is 0 Å². The van der Waals surface area contributed by atoms with Crippen molar-refractivity contribution in [2.24, 2.45) is 0 Å². The van der Waals surface area contributed by atoms with Gasteiger partial charge in [0.1, 0.15) is 0 Å². The van der Waals surface area contributed by atoms with Crippen LogP contribution in [0.1, 0.15) is 57.1 Å². The lowest BCUT2D eigenvalue weighted by Crippen LogP contribution is -2.49. The maximum Gasteiger partial charge on any atom is 0.0433 e. The fraction of sp³-hybridized carbons (Fsp3) is 0.684. The van der Waals surface area contributed by atoms with Crippen LogP contribution >= 0.6 is 0 Å². The van der Waals surface area contributed by atoms with Gasteiger partial charge >= 0.3 is 0 Å². The zero-order valence-corrected chi connectivity index (χ0v) is 13.9. The van der Waals surface area contributed by atoms with E-state index in [9.17, 15) is 0 Å². The highest BCUT2D eigenvalue weighted by molar-refractivity contribution is 5.62. The summed E-state index contributed by atoms with van der Waals surface area (Å²) in [6.07, 6.45) is 7.80. The van der Waals surface area contributed by atoms with Crippen molar-refractivity contribution in [3.63, 3.8) is 0 Å². The topological polar surface area (TPSA) is 15.3 Å². The van der Waals surface area contributed by atoms with Gasteiger partial charge in [0.15, 0.2) is 0 Å². The van der Waals surface area contributed by atoms with Gasteiger partial charge in [-0.3, -0.25) is 0 Å². The molecule has 1 N–H and O–H groups in total. The average molecular weight is 286 g/mol. The SMILES string of the molecule is CCCNC1CC2CCC(C1)N2c1c(C)cccc1CC. The molecule has 2 atom stereocenters. The fourth-order valence-corrected chi connectivity index (χ4v) is 4.43. The number of piperidine rings is 1. The Morgan fingerprint density at radius 1 is 1.14 bits per heavy atom. The average Bonchev–Trinajstić information content (AvgIpc) is 2.75. The molecule has 2 bridgehead atoms. The van der Waals surface area contributed by atoms with Gasteiger partial charge in [-0.25, -0.2) is 0 Å². The second-order valence-corrected chi connectivity index (χ2v) is 6.85. The van der Waals surface area contributed by atoms with Gasteiger partial charge in [-0.05, 0) is 63.1 Å². The molecule has 0 aromatic heterocycles. The predicted molar refractivity (Wildman–Crippen MR) is 91.2 cm³/mol. The molecule has 2 saturated heterocycles. The molecular formula is C19H30N2. The molecule has 2 aliphatic heterocycles. The lowest BCUT2D eigenvalue weighted by atomic mass is 9.94. The molecule has 0 saturated carbocycles. The Kier molecular flexibility index (Phi) is 4.54. The zero-order chi connectivity index (χ0) is 14.8. The van der Waals surface area contributed by atoms with Gasteiger partial charge in [0, 0.05) is 23.8 Å². The molecule has 21 heavy (non-hydrogen) atoms. The molecule has 2 aliphatic rings. The van der Waals surface area contributed by atoms with E-state index in [1.807, 2.05) is 0 Å². The molecule has 0 aliphatic carbocycles. The summed E-state index contributed by atoms with van der Waals surface area (Å²) < 4.78 is 0. The lowest BCUT2D eigenvalue weighted by molar-refractivity contribution is 0.356.